The van der Waals surface area contributed by atoms with Crippen LogP contribution in [0.4, 0.5) is 0 Å². The predicted octanol–water partition coefficient (Wildman–Crippen LogP) is 0.191. The van der Waals surface area contributed by atoms with Gasteiger partial charge in [-0.1, -0.05) is 0 Å². The number of hydrogen-bond acceptors (Lipinski definition) is 6. The first kappa shape index (κ1) is 18.9. The minimum absolute atomic E-state index is 0.0171. The number of phenolic OH excluding ortho intramolecular Hbond substituents is 2. The van der Waals surface area contributed by atoms with Crippen molar-refractivity contribution in [2.75, 3.05) is 46.4 Å². The molecule has 2 saturated heterocycles. The Morgan fingerprint density at radius 1 is 1.23 bits per heavy atom. The normalized spacial score (nSPS) is 20.4. The average molecular weight is 424 g/mol. The van der Waals surface area contributed by atoms with E-state index in [1.54, 1.807) is 21.9 Å². The Balaban J connectivity index is 1.66. The van der Waals surface area contributed by atoms with Gasteiger partial charge in [0.1, 0.15) is 0 Å². The molecule has 1 aromatic carbocycles. The van der Waals surface area contributed by atoms with Gasteiger partial charge in [0.15, 0.2) is 0 Å². The number of amides is 1. The summed E-state index contributed by atoms with van der Waals surface area (Å²) in [5, 5.41) is 19.4. The molecule has 0 atom stereocenters. The zero-order chi connectivity index (χ0) is 18.7. The van der Waals surface area contributed by atoms with Gasteiger partial charge in [-0.2, -0.15) is 0 Å². The van der Waals surface area contributed by atoms with E-state index in [0.717, 1.165) is 43.9 Å². The molecule has 140 valence electrons. The number of nitrogens with zero attached hydrogens (tertiary/aromatic N) is 3. The van der Waals surface area contributed by atoms with Gasteiger partial charge < -0.3 is 0 Å². The molecule has 0 radical (unpaired) electrons. The fourth-order valence-electron chi connectivity index (χ4n) is 3.09. The summed E-state index contributed by atoms with van der Waals surface area (Å²) >= 11 is 2.97. The van der Waals surface area contributed by atoms with Gasteiger partial charge in [-0.25, -0.2) is 0 Å². The molecule has 7 nitrogen and oxygen atoms in total. The summed E-state index contributed by atoms with van der Waals surface area (Å²) in [5.74, 6) is -0.182. The maximum atomic E-state index is 12.8. The molecule has 0 bridgehead atoms. The molecule has 26 heavy (non-hydrogen) atoms. The van der Waals surface area contributed by atoms with Crippen molar-refractivity contribution in [3.63, 3.8) is 0 Å². The van der Waals surface area contributed by atoms with Crippen LogP contribution in [0.3, 0.4) is 0 Å². The summed E-state index contributed by atoms with van der Waals surface area (Å²) < 4.78 is 6.10. The SMILES string of the molecule is CN1C(=[Se])N(CCCN2CCOCC2)C(=O)C1=Cc1ccc(O)cc1O. The Kier molecular flexibility index (Phi) is 5.98. The van der Waals surface area contributed by atoms with Crippen LogP contribution in [0.2, 0.25) is 0 Å². The number of aromatic hydroxyl groups is 2. The van der Waals surface area contributed by atoms with Crippen LogP contribution in [0.1, 0.15) is 12.0 Å². The molecule has 0 aromatic heterocycles. The van der Waals surface area contributed by atoms with Gasteiger partial charge in [-0.05, 0) is 0 Å². The molecule has 1 amide bonds. The average Bonchev–Trinajstić information content (AvgIpc) is 2.82. The Morgan fingerprint density at radius 3 is 2.65 bits per heavy atom. The van der Waals surface area contributed by atoms with E-state index in [-0.39, 0.29) is 17.4 Å². The fourth-order valence-corrected chi connectivity index (χ4v) is 3.66. The maximum absolute atomic E-state index is 12.8. The molecule has 0 saturated carbocycles. The van der Waals surface area contributed by atoms with Gasteiger partial charge >= 0.3 is 160 Å². The Hall–Kier alpha value is -1.86. The van der Waals surface area contributed by atoms with Gasteiger partial charge in [0.25, 0.3) is 0 Å². The van der Waals surface area contributed by atoms with Crippen molar-refractivity contribution in [3.05, 3.63) is 29.5 Å². The van der Waals surface area contributed by atoms with Crippen LogP contribution in [-0.4, -0.2) is 97.5 Å². The molecule has 2 fully saturated rings. The second-order valence-electron chi connectivity index (χ2n) is 6.38. The van der Waals surface area contributed by atoms with Gasteiger partial charge in [-0.15, -0.1) is 0 Å². The molecule has 2 aliphatic rings. The number of likely N-dealkylation sites (N-methyl/N-ethyl adjacent to an activating group) is 1. The van der Waals surface area contributed by atoms with E-state index < -0.39 is 0 Å². The van der Waals surface area contributed by atoms with Crippen LogP contribution in [0.25, 0.3) is 6.08 Å². The Labute approximate surface area is 160 Å². The third-order valence-electron chi connectivity index (χ3n) is 4.61. The van der Waals surface area contributed by atoms with E-state index in [2.05, 4.69) is 20.5 Å². The number of benzene rings is 1. The predicted molar refractivity (Wildman–Crippen MR) is 99.9 cm³/mol. The van der Waals surface area contributed by atoms with Gasteiger partial charge in [0, 0.05) is 0 Å². The van der Waals surface area contributed by atoms with Crippen LogP contribution >= 0.6 is 0 Å². The van der Waals surface area contributed by atoms with E-state index >= 15 is 0 Å². The van der Waals surface area contributed by atoms with Crippen molar-refractivity contribution in [2.45, 2.75) is 6.42 Å². The third-order valence-corrected chi connectivity index (χ3v) is 5.65. The third kappa shape index (κ3) is 4.10. The number of morpholine rings is 1. The zero-order valence-electron chi connectivity index (χ0n) is 14.7. The molecular formula is C18H23N3O4Se. The second-order valence-corrected chi connectivity index (χ2v) is 7.14. The van der Waals surface area contributed by atoms with Crippen molar-refractivity contribution in [3.8, 4) is 11.5 Å². The van der Waals surface area contributed by atoms with E-state index in [1.807, 2.05) is 7.05 Å². The van der Waals surface area contributed by atoms with Crippen LogP contribution in [-0.2, 0) is 9.53 Å². The summed E-state index contributed by atoms with van der Waals surface area (Å²) in [7, 11) is 1.81. The minimum atomic E-state index is -0.101. The van der Waals surface area contributed by atoms with Crippen LogP contribution in [0.15, 0.2) is 23.9 Å². The van der Waals surface area contributed by atoms with E-state index in [1.165, 1.54) is 12.1 Å². The molecule has 0 spiro atoms. The van der Waals surface area contributed by atoms with Gasteiger partial charge in [0.05, 0.1) is 0 Å². The number of carbonyl (C=O) groups excluding carboxylic acids is 1. The number of ether oxygens (including phenoxy) is 1. The van der Waals surface area contributed by atoms with E-state index in [0.29, 0.717) is 17.8 Å². The Morgan fingerprint density at radius 2 is 1.96 bits per heavy atom. The first-order chi connectivity index (χ1) is 12.5. The van der Waals surface area contributed by atoms with Crippen molar-refractivity contribution in [1.29, 1.82) is 0 Å². The van der Waals surface area contributed by atoms with Crippen LogP contribution < -0.4 is 0 Å². The number of hydrogen-bond donors (Lipinski definition) is 2. The van der Waals surface area contributed by atoms with Crippen molar-refractivity contribution >= 4 is 32.2 Å². The summed E-state index contributed by atoms with van der Waals surface area (Å²) in [6.07, 6.45) is 2.51. The van der Waals surface area contributed by atoms with Gasteiger partial charge in [0.2, 0.25) is 0 Å². The Bertz CT molecular complexity index is 731. The van der Waals surface area contributed by atoms with Crippen molar-refractivity contribution in [2.24, 2.45) is 0 Å². The molecular weight excluding hydrogens is 401 g/mol. The van der Waals surface area contributed by atoms with Crippen LogP contribution in [0.5, 0.6) is 11.5 Å². The molecule has 8 heteroatoms. The summed E-state index contributed by atoms with van der Waals surface area (Å²) in [5.41, 5.74) is 0.965. The topological polar surface area (TPSA) is 76.5 Å². The first-order valence-electron chi connectivity index (χ1n) is 8.60. The standard InChI is InChI=1S/C18H23N3O4Se/c1-19-15(11-13-3-4-14(22)12-16(13)23)17(24)21(18(19)26)6-2-5-20-7-9-25-10-8-20/h3-4,11-12,22-23H,2,5-10H2,1H3. The van der Waals surface area contributed by atoms with E-state index in [4.69, 9.17) is 4.74 Å². The quantitative estimate of drug-likeness (QED) is 0.519. The second kappa shape index (κ2) is 8.22. The molecule has 2 heterocycles. The number of carbonyl (C=O) groups is 1. The molecule has 0 aliphatic carbocycles. The molecule has 1 aromatic rings. The van der Waals surface area contributed by atoms with Crippen molar-refractivity contribution < 1.29 is 19.7 Å². The fraction of sp³-hybridized carbons (Fsp3) is 0.444. The summed E-state index contributed by atoms with van der Waals surface area (Å²) in [6.45, 7) is 4.98. The van der Waals surface area contributed by atoms with E-state index in [9.17, 15) is 15.0 Å². The van der Waals surface area contributed by atoms with Gasteiger partial charge in [-0.3, -0.25) is 0 Å². The first-order valence-corrected chi connectivity index (χ1v) is 9.46. The molecule has 3 rings (SSSR count). The molecule has 2 aliphatic heterocycles. The monoisotopic (exact) mass is 425 g/mol. The van der Waals surface area contributed by atoms with Crippen molar-refractivity contribution in [1.82, 2.24) is 14.7 Å². The summed E-state index contributed by atoms with van der Waals surface area (Å²) in [4.78, 5) is 18.7. The van der Waals surface area contributed by atoms with Crippen LogP contribution in [0, 0.1) is 0 Å². The molecule has 2 N–H and O–H groups in total. The molecule has 0 unspecified atom stereocenters. The zero-order valence-corrected chi connectivity index (χ0v) is 16.4. The number of rotatable bonds is 5. The summed E-state index contributed by atoms with van der Waals surface area (Å²) in [6, 6.07) is 4.32. The number of phenols is 2.